The number of anilines is 1. The second-order valence-corrected chi connectivity index (χ2v) is 5.04. The molecule has 0 saturated heterocycles. The van der Waals surface area contributed by atoms with Crippen molar-refractivity contribution in [2.75, 3.05) is 5.32 Å². The zero-order valence-corrected chi connectivity index (χ0v) is 10.5. The molecular weight excluding hydrogens is 245 g/mol. The van der Waals surface area contributed by atoms with Gasteiger partial charge in [0, 0.05) is 11.6 Å². The lowest BCUT2D eigenvalue weighted by Gasteiger charge is -2.30. The van der Waals surface area contributed by atoms with Crippen LogP contribution in [0.15, 0.2) is 24.3 Å². The molecule has 100 valence electrons. The van der Waals surface area contributed by atoms with Crippen molar-refractivity contribution in [3.8, 4) is 6.07 Å². The molecule has 1 aromatic carbocycles. The molecule has 0 heterocycles. The Morgan fingerprint density at radius 3 is 2.74 bits per heavy atom. The highest BCUT2D eigenvalue weighted by molar-refractivity contribution is 5.92. The van der Waals surface area contributed by atoms with Crippen LogP contribution >= 0.6 is 0 Å². The van der Waals surface area contributed by atoms with Crippen molar-refractivity contribution in [2.45, 2.75) is 31.2 Å². The topological polar surface area (TPSA) is 78.9 Å². The Hall–Kier alpha value is -1.93. The van der Waals surface area contributed by atoms with Gasteiger partial charge >= 0.3 is 0 Å². The summed E-state index contributed by atoms with van der Waals surface area (Å²) in [6, 6.07) is 7.89. The molecule has 0 radical (unpaired) electrons. The Kier molecular flexibility index (Phi) is 3.82. The standard InChI is InChI=1S/C14H16FN3O/c15-11-2-1-3-12(8-11)18-13(19)10-4-6-14(17,9-16)7-5-10/h1-3,8,10H,4-7,17H2,(H,18,19). The summed E-state index contributed by atoms with van der Waals surface area (Å²) in [5.41, 5.74) is 5.51. The van der Waals surface area contributed by atoms with Crippen LogP contribution in [-0.4, -0.2) is 11.4 Å². The number of halogens is 1. The lowest BCUT2D eigenvalue weighted by atomic mass is 9.77. The molecule has 3 N–H and O–H groups in total. The molecule has 0 spiro atoms. The van der Waals surface area contributed by atoms with E-state index in [2.05, 4.69) is 11.4 Å². The van der Waals surface area contributed by atoms with Gasteiger partial charge in [-0.3, -0.25) is 4.79 Å². The molecule has 1 aromatic rings. The first-order valence-corrected chi connectivity index (χ1v) is 6.29. The number of rotatable bonds is 2. The minimum absolute atomic E-state index is 0.134. The lowest BCUT2D eigenvalue weighted by molar-refractivity contribution is -0.120. The molecule has 19 heavy (non-hydrogen) atoms. The van der Waals surface area contributed by atoms with E-state index in [1.807, 2.05) is 0 Å². The van der Waals surface area contributed by atoms with Gasteiger partial charge in [-0.1, -0.05) is 6.07 Å². The van der Waals surface area contributed by atoms with Gasteiger partial charge in [0.1, 0.15) is 11.4 Å². The highest BCUT2D eigenvalue weighted by Crippen LogP contribution is 2.30. The molecule has 2 rings (SSSR count). The van der Waals surface area contributed by atoms with Gasteiger partial charge < -0.3 is 11.1 Å². The van der Waals surface area contributed by atoms with Gasteiger partial charge in [-0.15, -0.1) is 0 Å². The maximum Gasteiger partial charge on any atom is 0.227 e. The number of nitrogens with one attached hydrogen (secondary N) is 1. The summed E-state index contributed by atoms with van der Waals surface area (Å²) >= 11 is 0. The molecule has 0 atom stereocenters. The predicted octanol–water partition coefficient (Wildman–Crippen LogP) is 2.18. The fourth-order valence-corrected chi connectivity index (χ4v) is 2.32. The average molecular weight is 261 g/mol. The fourth-order valence-electron chi connectivity index (χ4n) is 2.32. The number of nitriles is 1. The smallest absolute Gasteiger partial charge is 0.227 e. The molecule has 1 aliphatic carbocycles. The van der Waals surface area contributed by atoms with Crippen LogP contribution in [0.25, 0.3) is 0 Å². The fraction of sp³-hybridized carbons (Fsp3) is 0.429. The van der Waals surface area contributed by atoms with Crippen LogP contribution in [0.4, 0.5) is 10.1 Å². The maximum atomic E-state index is 13.0. The number of hydrogen-bond donors (Lipinski definition) is 2. The van der Waals surface area contributed by atoms with Crippen LogP contribution in [0.2, 0.25) is 0 Å². The number of carbonyl (C=O) groups excluding carboxylic acids is 1. The summed E-state index contributed by atoms with van der Waals surface area (Å²) in [4.78, 5) is 12.0. The first-order valence-electron chi connectivity index (χ1n) is 6.29. The Morgan fingerprint density at radius 2 is 2.16 bits per heavy atom. The van der Waals surface area contributed by atoms with E-state index in [0.717, 1.165) is 0 Å². The molecule has 1 amide bonds. The first kappa shape index (κ1) is 13.5. The van der Waals surface area contributed by atoms with Gasteiger partial charge in [-0.05, 0) is 43.9 Å². The highest BCUT2D eigenvalue weighted by atomic mass is 19.1. The van der Waals surface area contributed by atoms with Crippen molar-refractivity contribution in [3.63, 3.8) is 0 Å². The normalized spacial score (nSPS) is 26.5. The second-order valence-electron chi connectivity index (χ2n) is 5.04. The monoisotopic (exact) mass is 261 g/mol. The average Bonchev–Trinajstić information content (AvgIpc) is 2.39. The predicted molar refractivity (Wildman–Crippen MR) is 69.5 cm³/mol. The third-order valence-corrected chi connectivity index (χ3v) is 3.56. The van der Waals surface area contributed by atoms with Crippen molar-refractivity contribution in [1.82, 2.24) is 0 Å². The van der Waals surface area contributed by atoms with E-state index in [9.17, 15) is 9.18 Å². The SMILES string of the molecule is N#CC1(N)CCC(C(=O)Nc2cccc(F)c2)CC1. The number of benzene rings is 1. The van der Waals surface area contributed by atoms with Crippen LogP contribution in [0.1, 0.15) is 25.7 Å². The third kappa shape index (κ3) is 3.30. The number of nitrogens with two attached hydrogens (primary N) is 1. The zero-order valence-electron chi connectivity index (χ0n) is 10.5. The second kappa shape index (κ2) is 5.37. The molecule has 4 nitrogen and oxygen atoms in total. The third-order valence-electron chi connectivity index (χ3n) is 3.56. The van der Waals surface area contributed by atoms with Gasteiger partial charge in [-0.2, -0.15) is 5.26 Å². The number of amides is 1. The molecule has 0 aliphatic heterocycles. The van der Waals surface area contributed by atoms with Crippen LogP contribution in [0.3, 0.4) is 0 Å². The minimum atomic E-state index is -0.796. The first-order chi connectivity index (χ1) is 9.02. The summed E-state index contributed by atoms with van der Waals surface area (Å²) in [5, 5.41) is 11.6. The highest BCUT2D eigenvalue weighted by Gasteiger charge is 2.34. The maximum absolute atomic E-state index is 13.0. The number of carbonyl (C=O) groups is 1. The largest absolute Gasteiger partial charge is 0.326 e. The number of nitrogens with zero attached hydrogens (tertiary/aromatic N) is 1. The lowest BCUT2D eigenvalue weighted by Crippen LogP contribution is -2.43. The van der Waals surface area contributed by atoms with Crippen molar-refractivity contribution < 1.29 is 9.18 Å². The van der Waals surface area contributed by atoms with Gasteiger partial charge in [0.15, 0.2) is 0 Å². The van der Waals surface area contributed by atoms with E-state index in [-0.39, 0.29) is 17.6 Å². The van der Waals surface area contributed by atoms with Crippen LogP contribution < -0.4 is 11.1 Å². The zero-order chi connectivity index (χ0) is 13.9. The summed E-state index contributed by atoms with van der Waals surface area (Å²) in [6.45, 7) is 0. The van der Waals surface area contributed by atoms with E-state index >= 15 is 0 Å². The van der Waals surface area contributed by atoms with Gasteiger partial charge in [0.2, 0.25) is 5.91 Å². The molecule has 0 unspecified atom stereocenters. The molecular formula is C14H16FN3O. The van der Waals surface area contributed by atoms with E-state index in [4.69, 9.17) is 11.0 Å². The van der Waals surface area contributed by atoms with Gasteiger partial charge in [-0.25, -0.2) is 4.39 Å². The van der Waals surface area contributed by atoms with Crippen molar-refractivity contribution in [1.29, 1.82) is 5.26 Å². The van der Waals surface area contributed by atoms with Crippen molar-refractivity contribution in [3.05, 3.63) is 30.1 Å². The van der Waals surface area contributed by atoms with Gasteiger partial charge in [0.25, 0.3) is 0 Å². The van der Waals surface area contributed by atoms with E-state index in [1.165, 1.54) is 12.1 Å². The molecule has 0 bridgehead atoms. The van der Waals surface area contributed by atoms with E-state index in [1.54, 1.807) is 12.1 Å². The molecule has 1 fully saturated rings. The van der Waals surface area contributed by atoms with Crippen molar-refractivity contribution in [2.24, 2.45) is 11.7 Å². The van der Waals surface area contributed by atoms with Crippen LogP contribution in [0, 0.1) is 23.1 Å². The molecule has 1 saturated carbocycles. The summed E-state index contributed by atoms with van der Waals surface area (Å²) < 4.78 is 13.0. The summed E-state index contributed by atoms with van der Waals surface area (Å²) in [5.74, 6) is -0.675. The van der Waals surface area contributed by atoms with E-state index < -0.39 is 5.54 Å². The molecule has 1 aliphatic rings. The molecule has 0 aromatic heterocycles. The van der Waals surface area contributed by atoms with Gasteiger partial charge in [0.05, 0.1) is 6.07 Å². The van der Waals surface area contributed by atoms with Crippen LogP contribution in [0.5, 0.6) is 0 Å². The number of hydrogen-bond acceptors (Lipinski definition) is 3. The quantitative estimate of drug-likeness (QED) is 0.856. The molecule has 5 heteroatoms. The minimum Gasteiger partial charge on any atom is -0.326 e. The summed E-state index contributed by atoms with van der Waals surface area (Å²) in [6.07, 6.45) is 2.21. The Morgan fingerprint density at radius 1 is 1.47 bits per heavy atom. The van der Waals surface area contributed by atoms with Crippen molar-refractivity contribution >= 4 is 11.6 Å². The Labute approximate surface area is 111 Å². The van der Waals surface area contributed by atoms with E-state index in [0.29, 0.717) is 31.4 Å². The summed E-state index contributed by atoms with van der Waals surface area (Å²) in [7, 11) is 0. The Bertz CT molecular complexity index is 516. The van der Waals surface area contributed by atoms with Crippen LogP contribution in [-0.2, 0) is 4.79 Å². The Balaban J connectivity index is 1.94.